The van der Waals surface area contributed by atoms with Crippen molar-refractivity contribution in [2.75, 3.05) is 6.24 Å². The molecular formula is CH6NO3P. The van der Waals surface area contributed by atoms with E-state index < -0.39 is 13.8 Å². The Kier molecular flexibility index (Phi) is 0.898. The molecule has 0 aliphatic heterocycles. The first-order valence-electron chi connectivity index (χ1n) is 2.09. The molecule has 0 saturated heterocycles. The van der Waals surface area contributed by atoms with E-state index >= 15 is 0 Å². The van der Waals surface area contributed by atoms with Crippen molar-refractivity contribution in [3.05, 3.63) is 0 Å². The van der Waals surface area contributed by atoms with Crippen molar-refractivity contribution in [1.82, 2.24) is 0 Å². The summed E-state index contributed by atoms with van der Waals surface area (Å²) in [5.74, 6) is 0. The van der Waals surface area contributed by atoms with Crippen molar-refractivity contribution in [1.29, 1.82) is 0 Å². The molecule has 0 heterocycles. The molecule has 4 N–H and O–H groups in total. The average molecular weight is 115 g/mol. The van der Waals surface area contributed by atoms with E-state index in [2.05, 4.69) is 5.73 Å². The number of hydrogen-bond acceptors (Lipinski definition) is 2. The standard InChI is InChI=1S/CH6NO3P/c2-1-6(3,4)5/h1-2H2,(H2,3,4,5)/i1+1D2,2+1. The summed E-state index contributed by atoms with van der Waals surface area (Å²) in [7, 11) is -4.74. The second kappa shape index (κ2) is 1.71. The summed E-state index contributed by atoms with van der Waals surface area (Å²) in [5.41, 5.74) is 4.38. The summed E-state index contributed by atoms with van der Waals surface area (Å²) in [6.07, 6.45) is -2.90. The molecule has 0 saturated carbocycles. The van der Waals surface area contributed by atoms with Gasteiger partial charge in [0.15, 0.2) is 0 Å². The molecule has 0 aromatic heterocycles. The van der Waals surface area contributed by atoms with Crippen LogP contribution in [0.3, 0.4) is 0 Å². The molecule has 0 spiro atoms. The van der Waals surface area contributed by atoms with E-state index in [4.69, 9.17) is 12.5 Å². The Labute approximate surface area is 37.9 Å². The summed E-state index contributed by atoms with van der Waals surface area (Å²) in [4.78, 5) is 15.9. The van der Waals surface area contributed by atoms with Gasteiger partial charge in [-0.25, -0.2) is 0 Å². The van der Waals surface area contributed by atoms with Crippen LogP contribution in [0.2, 0.25) is 0 Å². The predicted octanol–water partition coefficient (Wildman–Crippen LogP) is -0.920. The van der Waals surface area contributed by atoms with Crippen molar-refractivity contribution < 1.29 is 17.1 Å². The van der Waals surface area contributed by atoms with Crippen LogP contribution >= 0.6 is 7.60 Å². The molecule has 5 heteroatoms. The maximum Gasteiger partial charge on any atom is 0.338 e. The third kappa shape index (κ3) is 4.11. The maximum absolute atomic E-state index is 9.85. The van der Waals surface area contributed by atoms with Crippen LogP contribution in [0.5, 0.6) is 0 Å². The zero-order chi connectivity index (χ0) is 7.00. The largest absolute Gasteiger partial charge is 0.338 e. The van der Waals surface area contributed by atoms with Gasteiger partial charge in [-0.2, -0.15) is 0 Å². The zero-order valence-electron chi connectivity index (χ0n) is 4.83. The SMILES string of the molecule is [2H][13C]([2H])([15NH2])P(=O)(O)O. The Morgan fingerprint density at radius 1 is 2.00 bits per heavy atom. The molecule has 0 radical (unpaired) electrons. The normalized spacial score (nSPS) is 19.2. The quantitative estimate of drug-likeness (QED) is 0.234. The molecule has 0 aliphatic rings. The summed E-state index contributed by atoms with van der Waals surface area (Å²) < 4.78 is 22.4. The molecule has 0 aromatic rings. The van der Waals surface area contributed by atoms with E-state index in [0.717, 1.165) is 0 Å². The minimum absolute atomic E-state index is 2.90. The lowest BCUT2D eigenvalue weighted by molar-refractivity contribution is 0.374. The summed E-state index contributed by atoms with van der Waals surface area (Å²) >= 11 is 0. The van der Waals surface area contributed by atoms with Gasteiger partial charge in [-0.3, -0.25) is 4.57 Å². The van der Waals surface area contributed by atoms with Crippen LogP contribution < -0.4 is 5.73 Å². The van der Waals surface area contributed by atoms with E-state index in [9.17, 15) is 4.57 Å². The highest BCUT2D eigenvalue weighted by molar-refractivity contribution is 7.51. The second-order valence-electron chi connectivity index (χ2n) is 0.673. The third-order valence-corrected chi connectivity index (χ3v) is 0.505. The van der Waals surface area contributed by atoms with Crippen LogP contribution in [-0.4, -0.2) is 16.0 Å². The Morgan fingerprint density at radius 2 is 2.17 bits per heavy atom. The minimum atomic E-state index is -4.74. The molecule has 0 unspecified atom stereocenters. The van der Waals surface area contributed by atoms with Crippen LogP contribution in [0.15, 0.2) is 0 Å². The van der Waals surface area contributed by atoms with Gasteiger partial charge in [-0.1, -0.05) is 0 Å². The monoisotopic (exact) mass is 115 g/mol. The van der Waals surface area contributed by atoms with Crippen molar-refractivity contribution in [2.45, 2.75) is 0 Å². The highest BCUT2D eigenvalue weighted by atomic mass is 31.2. The van der Waals surface area contributed by atoms with Crippen LogP contribution in [0.4, 0.5) is 0 Å². The molecular weight excluding hydrogens is 107 g/mol. The van der Waals surface area contributed by atoms with Gasteiger partial charge in [-0.15, -0.1) is 0 Å². The lowest BCUT2D eigenvalue weighted by Gasteiger charge is -1.92. The fourth-order valence-corrected chi connectivity index (χ4v) is 0. The van der Waals surface area contributed by atoms with Crippen molar-refractivity contribution in [3.8, 4) is 0 Å². The minimum Gasteiger partial charge on any atom is -0.324 e. The first kappa shape index (κ1) is 3.16. The molecule has 0 fully saturated rings. The topological polar surface area (TPSA) is 83.6 Å². The molecule has 0 atom stereocenters. The Bertz CT molecular complexity index is 124. The summed E-state index contributed by atoms with van der Waals surface area (Å²) in [5, 5.41) is 0. The van der Waals surface area contributed by atoms with Crippen molar-refractivity contribution in [2.24, 2.45) is 5.73 Å². The molecule has 0 bridgehead atoms. The molecule has 6 heavy (non-hydrogen) atoms. The van der Waals surface area contributed by atoms with E-state index in [-0.39, 0.29) is 0 Å². The number of rotatable bonds is 1. The molecule has 0 rings (SSSR count). The highest BCUT2D eigenvalue weighted by Crippen LogP contribution is 2.30. The molecule has 38 valence electrons. The van der Waals surface area contributed by atoms with Gasteiger partial charge in [0.05, 0.1) is 8.98 Å². The summed E-state index contributed by atoms with van der Waals surface area (Å²) in [6, 6.07) is 0. The fourth-order valence-electron chi connectivity index (χ4n) is 0. The fraction of sp³-hybridized carbons (Fsp3) is 1.00. The van der Waals surface area contributed by atoms with Gasteiger partial charge in [0.25, 0.3) is 0 Å². The van der Waals surface area contributed by atoms with Gasteiger partial charge >= 0.3 is 7.60 Å². The van der Waals surface area contributed by atoms with Gasteiger partial charge in [-0.05, 0) is 0 Å². The first-order valence-corrected chi connectivity index (χ1v) is 2.71. The van der Waals surface area contributed by atoms with Gasteiger partial charge in [0, 0.05) is 0 Å². The first-order chi connectivity index (χ1) is 3.25. The summed E-state index contributed by atoms with van der Waals surface area (Å²) in [6.45, 7) is 0. The van der Waals surface area contributed by atoms with E-state index in [1.54, 1.807) is 0 Å². The van der Waals surface area contributed by atoms with Crippen LogP contribution in [0, 0.1) is 0 Å². The molecule has 0 aromatic carbocycles. The Morgan fingerprint density at radius 3 is 2.17 bits per heavy atom. The van der Waals surface area contributed by atoms with Gasteiger partial charge < -0.3 is 15.5 Å². The zero-order valence-corrected chi connectivity index (χ0v) is 3.72. The van der Waals surface area contributed by atoms with Crippen LogP contribution in [0.1, 0.15) is 2.74 Å². The van der Waals surface area contributed by atoms with Gasteiger partial charge in [0.1, 0.15) is 0 Å². The lowest BCUT2D eigenvalue weighted by atomic mass is 12.5. The Balaban J connectivity index is 4.26. The number of hydrogen-bond donors (Lipinski definition) is 3. The second-order valence-corrected chi connectivity index (χ2v) is 2.02. The van der Waals surface area contributed by atoms with Crippen molar-refractivity contribution >= 4 is 7.60 Å². The van der Waals surface area contributed by atoms with E-state index in [1.807, 2.05) is 0 Å². The van der Waals surface area contributed by atoms with Crippen LogP contribution in [0.25, 0.3) is 0 Å². The Hall–Kier alpha value is 0.110. The average Bonchev–Trinajstić information content (AvgIpc) is 1.25. The van der Waals surface area contributed by atoms with E-state index in [0.29, 0.717) is 0 Å². The highest BCUT2D eigenvalue weighted by Gasteiger charge is 2.05. The third-order valence-electron chi connectivity index (χ3n) is 0.168. The lowest BCUT2D eigenvalue weighted by Crippen LogP contribution is -1.97. The predicted molar refractivity (Wildman–Crippen MR) is 21.1 cm³/mol. The van der Waals surface area contributed by atoms with E-state index in [1.165, 1.54) is 0 Å². The molecule has 4 nitrogen and oxygen atoms in total. The smallest absolute Gasteiger partial charge is 0.324 e. The molecule has 0 aliphatic carbocycles. The maximum atomic E-state index is 9.85. The van der Waals surface area contributed by atoms with Crippen LogP contribution in [-0.2, 0) is 4.57 Å². The molecule has 0 amide bonds. The van der Waals surface area contributed by atoms with Gasteiger partial charge in [0.2, 0.25) is 0 Å². The van der Waals surface area contributed by atoms with Crippen molar-refractivity contribution in [3.63, 3.8) is 0 Å². The number of nitrogens with two attached hydrogens (primary N) is 1.